The summed E-state index contributed by atoms with van der Waals surface area (Å²) in [5, 5.41) is 0.639. The summed E-state index contributed by atoms with van der Waals surface area (Å²) in [6, 6.07) is 0. The second-order valence-corrected chi connectivity index (χ2v) is 7.83. The maximum absolute atomic E-state index is 12.7. The Morgan fingerprint density at radius 3 is 2.80 bits per heavy atom. The van der Waals surface area contributed by atoms with Gasteiger partial charge in [0.2, 0.25) is 5.91 Å². The molecule has 1 aromatic heterocycles. The van der Waals surface area contributed by atoms with Gasteiger partial charge in [0.05, 0.1) is 11.4 Å². The molecule has 1 aliphatic carbocycles. The van der Waals surface area contributed by atoms with E-state index in [1.807, 2.05) is 0 Å². The van der Waals surface area contributed by atoms with Crippen LogP contribution in [0, 0.1) is 5.92 Å². The number of anilines is 1. The number of aryl methyl sites for hydroxylation is 2. The van der Waals surface area contributed by atoms with Gasteiger partial charge < -0.3 is 0 Å². The minimum atomic E-state index is -4.53. The van der Waals surface area contributed by atoms with Crippen LogP contribution in [0.25, 0.3) is 0 Å². The molecule has 1 saturated heterocycles. The smallest absolute Gasteiger partial charge is 0.288 e. The highest BCUT2D eigenvalue weighted by Crippen LogP contribution is 2.34. The summed E-state index contributed by atoms with van der Waals surface area (Å²) in [4.78, 5) is 19.2. The van der Waals surface area contributed by atoms with E-state index in [1.165, 1.54) is 21.1 Å². The van der Waals surface area contributed by atoms with Gasteiger partial charge in [-0.25, -0.2) is 4.98 Å². The molecule has 1 atom stereocenters. The van der Waals surface area contributed by atoms with Crippen LogP contribution in [-0.2, 0) is 27.9 Å². The number of carbonyl (C=O) groups is 1. The Morgan fingerprint density at radius 2 is 2.10 bits per heavy atom. The molecule has 8 heteroatoms. The van der Waals surface area contributed by atoms with Crippen molar-refractivity contribution in [3.8, 4) is 0 Å². The third-order valence-corrected chi connectivity index (χ3v) is 5.76. The number of fused-ring (bicyclic) bond motifs is 1. The van der Waals surface area contributed by atoms with E-state index in [-0.39, 0.29) is 18.9 Å². The lowest BCUT2D eigenvalue weighted by Gasteiger charge is -2.12. The fourth-order valence-corrected chi connectivity index (χ4v) is 4.77. The van der Waals surface area contributed by atoms with Crippen LogP contribution in [0.4, 0.5) is 9.02 Å². The van der Waals surface area contributed by atoms with Crippen LogP contribution in [-0.4, -0.2) is 31.6 Å². The molecule has 1 unspecified atom stereocenters. The number of amides is 1. The number of thiazole rings is 1. The number of halogens is 1. The molecule has 5 nitrogen and oxygen atoms in total. The molecular weight excluding hydrogens is 303 g/mol. The molecule has 0 spiro atoms. The molecule has 0 saturated carbocycles. The zero-order valence-electron chi connectivity index (χ0n) is 10.8. The van der Waals surface area contributed by atoms with Crippen LogP contribution in [0.15, 0.2) is 0 Å². The van der Waals surface area contributed by atoms with Crippen LogP contribution < -0.4 is 4.90 Å². The Labute approximate surface area is 121 Å². The number of hydrogen-bond donors (Lipinski definition) is 0. The average Bonchev–Trinajstić information content (AvgIpc) is 2.90. The van der Waals surface area contributed by atoms with Gasteiger partial charge in [-0.2, -0.15) is 8.42 Å². The van der Waals surface area contributed by atoms with E-state index in [0.29, 0.717) is 5.13 Å². The van der Waals surface area contributed by atoms with Gasteiger partial charge in [0, 0.05) is 23.8 Å². The van der Waals surface area contributed by atoms with Crippen molar-refractivity contribution >= 4 is 32.6 Å². The van der Waals surface area contributed by atoms with E-state index in [9.17, 15) is 17.1 Å². The fourth-order valence-electron chi connectivity index (χ4n) is 2.81. The first kappa shape index (κ1) is 13.9. The van der Waals surface area contributed by atoms with Gasteiger partial charge in [0.25, 0.3) is 0 Å². The van der Waals surface area contributed by atoms with Crippen LogP contribution in [0.1, 0.15) is 29.8 Å². The van der Waals surface area contributed by atoms with E-state index in [4.69, 9.17) is 0 Å². The number of hydrogen-bond acceptors (Lipinski definition) is 5. The molecule has 1 amide bonds. The van der Waals surface area contributed by atoms with Crippen molar-refractivity contribution in [3.05, 3.63) is 10.6 Å². The molecule has 110 valence electrons. The highest BCUT2D eigenvalue weighted by molar-refractivity contribution is 7.86. The third kappa shape index (κ3) is 2.85. The molecular formula is C12H15FN2O3S2. The van der Waals surface area contributed by atoms with Crippen molar-refractivity contribution in [3.63, 3.8) is 0 Å². The number of nitrogens with zero attached hydrogens (tertiary/aromatic N) is 2. The summed E-state index contributed by atoms with van der Waals surface area (Å²) in [6.45, 7) is 0.244. The number of aromatic nitrogens is 1. The Kier molecular flexibility index (Phi) is 3.53. The van der Waals surface area contributed by atoms with Crippen molar-refractivity contribution < 1.29 is 17.1 Å². The summed E-state index contributed by atoms with van der Waals surface area (Å²) in [7, 11) is -4.53. The van der Waals surface area contributed by atoms with Gasteiger partial charge in [0.15, 0.2) is 5.13 Å². The molecule has 0 aromatic carbocycles. The lowest BCUT2D eigenvalue weighted by atomic mass is 10.0. The van der Waals surface area contributed by atoms with Crippen molar-refractivity contribution in [1.82, 2.24) is 4.98 Å². The van der Waals surface area contributed by atoms with E-state index >= 15 is 0 Å². The molecule has 0 radical (unpaired) electrons. The van der Waals surface area contributed by atoms with Gasteiger partial charge in [-0.05, 0) is 25.7 Å². The molecule has 1 aromatic rings. The summed E-state index contributed by atoms with van der Waals surface area (Å²) in [5.74, 6) is -1.22. The maximum Gasteiger partial charge on any atom is 0.302 e. The monoisotopic (exact) mass is 318 g/mol. The van der Waals surface area contributed by atoms with Gasteiger partial charge in [-0.1, -0.05) is 0 Å². The quantitative estimate of drug-likeness (QED) is 0.795. The molecule has 2 aliphatic rings. The summed E-state index contributed by atoms with van der Waals surface area (Å²) in [5.41, 5.74) is 1.06. The first-order chi connectivity index (χ1) is 9.42. The molecule has 2 heterocycles. The summed E-state index contributed by atoms with van der Waals surface area (Å²) < 4.78 is 34.1. The van der Waals surface area contributed by atoms with E-state index in [0.717, 1.165) is 31.4 Å². The van der Waals surface area contributed by atoms with Gasteiger partial charge >= 0.3 is 10.2 Å². The second-order valence-electron chi connectivity index (χ2n) is 5.35. The van der Waals surface area contributed by atoms with Crippen LogP contribution in [0.3, 0.4) is 0 Å². The van der Waals surface area contributed by atoms with Crippen molar-refractivity contribution in [2.24, 2.45) is 5.92 Å². The highest BCUT2D eigenvalue weighted by atomic mass is 32.3. The maximum atomic E-state index is 12.7. The van der Waals surface area contributed by atoms with Crippen molar-refractivity contribution in [2.45, 2.75) is 32.1 Å². The average molecular weight is 318 g/mol. The van der Waals surface area contributed by atoms with Crippen LogP contribution >= 0.6 is 11.3 Å². The van der Waals surface area contributed by atoms with Gasteiger partial charge in [-0.3, -0.25) is 9.69 Å². The molecule has 3 rings (SSSR count). The zero-order chi connectivity index (χ0) is 14.3. The van der Waals surface area contributed by atoms with E-state index in [2.05, 4.69) is 4.98 Å². The topological polar surface area (TPSA) is 67.3 Å². The Morgan fingerprint density at radius 1 is 1.35 bits per heavy atom. The third-order valence-electron chi connectivity index (χ3n) is 3.71. The fraction of sp³-hybridized carbons (Fsp3) is 0.667. The molecule has 20 heavy (non-hydrogen) atoms. The first-order valence-electron chi connectivity index (χ1n) is 6.63. The minimum absolute atomic E-state index is 0.0768. The number of rotatable bonds is 3. The lowest BCUT2D eigenvalue weighted by molar-refractivity contribution is -0.117. The molecule has 0 bridgehead atoms. The van der Waals surface area contributed by atoms with Gasteiger partial charge in [0.1, 0.15) is 0 Å². The predicted octanol–water partition coefficient (Wildman–Crippen LogP) is 1.67. The van der Waals surface area contributed by atoms with E-state index < -0.39 is 21.9 Å². The Hall–Kier alpha value is -1.02. The summed E-state index contributed by atoms with van der Waals surface area (Å²) in [6.07, 6.45) is 4.28. The van der Waals surface area contributed by atoms with Gasteiger partial charge in [-0.15, -0.1) is 15.2 Å². The Balaban J connectivity index is 1.77. The molecule has 1 fully saturated rings. The predicted molar refractivity (Wildman–Crippen MR) is 74.1 cm³/mol. The first-order valence-corrected chi connectivity index (χ1v) is 9.00. The van der Waals surface area contributed by atoms with E-state index in [1.54, 1.807) is 0 Å². The van der Waals surface area contributed by atoms with Crippen LogP contribution in [0.2, 0.25) is 0 Å². The second kappa shape index (κ2) is 5.07. The molecule has 0 N–H and O–H groups in total. The van der Waals surface area contributed by atoms with Crippen molar-refractivity contribution in [2.75, 3.05) is 17.2 Å². The van der Waals surface area contributed by atoms with Crippen LogP contribution in [0.5, 0.6) is 0 Å². The largest absolute Gasteiger partial charge is 0.302 e. The minimum Gasteiger partial charge on any atom is -0.288 e. The normalized spacial score (nSPS) is 23.1. The lowest BCUT2D eigenvalue weighted by Crippen LogP contribution is -2.25. The number of carbonyl (C=O) groups excluding carboxylic acids is 1. The Bertz CT molecular complexity index is 618. The van der Waals surface area contributed by atoms with Crippen molar-refractivity contribution in [1.29, 1.82) is 0 Å². The summed E-state index contributed by atoms with van der Waals surface area (Å²) >= 11 is 1.51. The zero-order valence-corrected chi connectivity index (χ0v) is 12.5. The standard InChI is InChI=1S/C12H15FN2O3S2/c13-20(17,18)7-8-5-11(16)15(6-8)12-14-9-3-1-2-4-10(9)19-12/h8H,1-7H2. The highest BCUT2D eigenvalue weighted by Gasteiger charge is 2.35. The SMILES string of the molecule is O=C1CC(CS(=O)(=O)F)CN1c1nc2c(s1)CCCC2. The molecule has 1 aliphatic heterocycles.